The molecule has 1 fully saturated rings. The monoisotopic (exact) mass is 277 g/mol. The van der Waals surface area contributed by atoms with Crippen LogP contribution in [0.3, 0.4) is 0 Å². The summed E-state index contributed by atoms with van der Waals surface area (Å²) in [5.41, 5.74) is -0.258. The van der Waals surface area contributed by atoms with Crippen LogP contribution in [0, 0.1) is 0 Å². The topological polar surface area (TPSA) is 75.6 Å². The molecule has 0 spiro atoms. The van der Waals surface area contributed by atoms with E-state index >= 15 is 0 Å². The summed E-state index contributed by atoms with van der Waals surface area (Å²) in [6, 6.07) is 7.24. The number of methoxy groups -OCH3 is 1. The van der Waals surface area contributed by atoms with E-state index in [1.165, 1.54) is 0 Å². The van der Waals surface area contributed by atoms with Gasteiger partial charge in [0.15, 0.2) is 0 Å². The van der Waals surface area contributed by atoms with Crippen LogP contribution in [0.25, 0.3) is 0 Å². The second-order valence-corrected chi connectivity index (χ2v) is 5.23. The molecule has 1 aromatic carbocycles. The summed E-state index contributed by atoms with van der Waals surface area (Å²) in [6.07, 6.45) is 1.83. The smallest absolute Gasteiger partial charge is 0.329 e. The fourth-order valence-electron chi connectivity index (χ4n) is 2.33. The van der Waals surface area contributed by atoms with Crippen LogP contribution in [0.5, 0.6) is 5.75 Å². The Morgan fingerprint density at radius 2 is 2.10 bits per heavy atom. The van der Waals surface area contributed by atoms with Crippen molar-refractivity contribution in [3.05, 3.63) is 29.8 Å². The normalized spacial score (nSPS) is 17.7. The second-order valence-electron chi connectivity index (χ2n) is 5.23. The second kappa shape index (κ2) is 5.53. The molecule has 2 N–H and O–H groups in total. The third-order valence-corrected chi connectivity index (χ3v) is 3.97. The minimum atomic E-state index is -1.07. The van der Waals surface area contributed by atoms with Gasteiger partial charge in [-0.15, -0.1) is 0 Å². The number of carbonyl (C=O) groups excluding carboxylic acids is 1. The van der Waals surface area contributed by atoms with Gasteiger partial charge >= 0.3 is 5.97 Å². The molecule has 0 saturated heterocycles. The lowest BCUT2D eigenvalue weighted by Crippen LogP contribution is -2.59. The third-order valence-electron chi connectivity index (χ3n) is 3.97. The van der Waals surface area contributed by atoms with Gasteiger partial charge in [-0.3, -0.25) is 4.79 Å². The van der Waals surface area contributed by atoms with E-state index in [9.17, 15) is 14.7 Å². The number of benzene rings is 1. The standard InChI is InChI=1S/C15H19NO4/c1-10(11-5-3-6-12(9-11)20-2)13(17)16-15(14(18)19)7-4-8-15/h3,5-6,9-10H,4,7-8H2,1-2H3,(H,16,17)(H,18,19). The minimum Gasteiger partial charge on any atom is -0.497 e. The highest BCUT2D eigenvalue weighted by Gasteiger charge is 2.46. The Hall–Kier alpha value is -2.04. The average molecular weight is 277 g/mol. The van der Waals surface area contributed by atoms with Crippen molar-refractivity contribution >= 4 is 11.9 Å². The molecule has 1 aromatic rings. The fraction of sp³-hybridized carbons (Fsp3) is 0.467. The molecular formula is C15H19NO4. The molecule has 0 heterocycles. The van der Waals surface area contributed by atoms with Crippen LogP contribution in [0.4, 0.5) is 0 Å². The Kier molecular flexibility index (Phi) is 3.97. The predicted octanol–water partition coefficient (Wildman–Crippen LogP) is 1.92. The molecule has 0 aliphatic heterocycles. The number of rotatable bonds is 5. The lowest BCUT2D eigenvalue weighted by atomic mass is 9.76. The Labute approximate surface area is 117 Å². The number of nitrogens with one attached hydrogen (secondary N) is 1. The van der Waals surface area contributed by atoms with Crippen LogP contribution in [-0.2, 0) is 9.59 Å². The molecule has 0 aromatic heterocycles. The number of amides is 1. The summed E-state index contributed by atoms with van der Waals surface area (Å²) in [7, 11) is 1.57. The van der Waals surface area contributed by atoms with Gasteiger partial charge in [-0.25, -0.2) is 4.79 Å². The van der Waals surface area contributed by atoms with Gasteiger partial charge in [-0.05, 0) is 43.9 Å². The van der Waals surface area contributed by atoms with Gasteiger partial charge < -0.3 is 15.2 Å². The summed E-state index contributed by atoms with van der Waals surface area (Å²) in [6.45, 7) is 1.76. The van der Waals surface area contributed by atoms with E-state index in [-0.39, 0.29) is 5.91 Å². The van der Waals surface area contributed by atoms with Crippen LogP contribution in [-0.4, -0.2) is 29.6 Å². The largest absolute Gasteiger partial charge is 0.497 e. The highest BCUT2D eigenvalue weighted by Crippen LogP contribution is 2.33. The van der Waals surface area contributed by atoms with Gasteiger partial charge in [0.2, 0.25) is 5.91 Å². The summed E-state index contributed by atoms with van der Waals surface area (Å²) in [5, 5.41) is 11.9. The van der Waals surface area contributed by atoms with Crippen molar-refractivity contribution in [2.24, 2.45) is 0 Å². The highest BCUT2D eigenvalue weighted by molar-refractivity contribution is 5.90. The SMILES string of the molecule is COc1cccc(C(C)C(=O)NC2(C(=O)O)CCC2)c1. The van der Waals surface area contributed by atoms with Crippen LogP contribution in [0.15, 0.2) is 24.3 Å². The molecule has 1 atom stereocenters. The Balaban J connectivity index is 2.10. The van der Waals surface area contributed by atoms with E-state index in [2.05, 4.69) is 5.32 Å². The van der Waals surface area contributed by atoms with Gasteiger partial charge in [-0.1, -0.05) is 12.1 Å². The van der Waals surface area contributed by atoms with E-state index in [4.69, 9.17) is 4.74 Å². The molecule has 1 unspecified atom stereocenters. The van der Waals surface area contributed by atoms with Crippen molar-refractivity contribution in [2.45, 2.75) is 37.6 Å². The summed E-state index contributed by atoms with van der Waals surface area (Å²) >= 11 is 0. The third kappa shape index (κ3) is 2.61. The van der Waals surface area contributed by atoms with Gasteiger partial charge in [0.1, 0.15) is 11.3 Å². The fourth-order valence-corrected chi connectivity index (χ4v) is 2.33. The molecule has 1 amide bonds. The maximum Gasteiger partial charge on any atom is 0.329 e. The summed E-state index contributed by atoms with van der Waals surface area (Å²) in [4.78, 5) is 23.5. The van der Waals surface area contributed by atoms with Crippen LogP contribution in [0.1, 0.15) is 37.7 Å². The molecule has 2 rings (SSSR count). The minimum absolute atomic E-state index is 0.264. The number of hydrogen-bond acceptors (Lipinski definition) is 3. The van der Waals surface area contributed by atoms with Crippen LogP contribution >= 0.6 is 0 Å². The molecule has 0 bridgehead atoms. The Bertz CT molecular complexity index is 522. The first kappa shape index (κ1) is 14.4. The van der Waals surface area contributed by atoms with Crippen molar-refractivity contribution in [1.82, 2.24) is 5.32 Å². The van der Waals surface area contributed by atoms with E-state index < -0.39 is 17.4 Å². The predicted molar refractivity (Wildman–Crippen MR) is 73.8 cm³/mol. The summed E-state index contributed by atoms with van der Waals surface area (Å²) < 4.78 is 5.13. The van der Waals surface area contributed by atoms with Crippen molar-refractivity contribution in [3.63, 3.8) is 0 Å². The lowest BCUT2D eigenvalue weighted by molar-refractivity contribution is -0.152. The molecule has 1 aliphatic rings. The van der Waals surface area contributed by atoms with Crippen molar-refractivity contribution in [3.8, 4) is 5.75 Å². The molecule has 1 aliphatic carbocycles. The van der Waals surface area contributed by atoms with Crippen molar-refractivity contribution in [2.75, 3.05) is 7.11 Å². The van der Waals surface area contributed by atoms with Gasteiger partial charge in [0.05, 0.1) is 13.0 Å². The van der Waals surface area contributed by atoms with Gasteiger partial charge in [0, 0.05) is 0 Å². The highest BCUT2D eigenvalue weighted by atomic mass is 16.5. The lowest BCUT2D eigenvalue weighted by Gasteiger charge is -2.39. The van der Waals surface area contributed by atoms with Crippen LogP contribution < -0.4 is 10.1 Å². The molecule has 108 valence electrons. The Morgan fingerprint density at radius 1 is 1.40 bits per heavy atom. The van der Waals surface area contributed by atoms with E-state index in [0.717, 1.165) is 12.0 Å². The summed E-state index contributed by atoms with van der Waals surface area (Å²) in [5.74, 6) is -0.948. The molecule has 5 nitrogen and oxygen atoms in total. The van der Waals surface area contributed by atoms with E-state index in [1.807, 2.05) is 12.1 Å². The van der Waals surface area contributed by atoms with Crippen molar-refractivity contribution in [1.29, 1.82) is 0 Å². The molecule has 1 saturated carbocycles. The zero-order chi connectivity index (χ0) is 14.8. The van der Waals surface area contributed by atoms with E-state index in [0.29, 0.717) is 18.6 Å². The molecular weight excluding hydrogens is 258 g/mol. The zero-order valence-corrected chi connectivity index (χ0v) is 11.7. The van der Waals surface area contributed by atoms with E-state index in [1.54, 1.807) is 26.2 Å². The quantitative estimate of drug-likeness (QED) is 0.862. The molecule has 0 radical (unpaired) electrons. The molecule has 5 heteroatoms. The van der Waals surface area contributed by atoms with Gasteiger partial charge in [-0.2, -0.15) is 0 Å². The maximum absolute atomic E-state index is 12.2. The number of ether oxygens (including phenoxy) is 1. The zero-order valence-electron chi connectivity index (χ0n) is 11.7. The number of carbonyl (C=O) groups is 2. The first-order valence-corrected chi connectivity index (χ1v) is 6.68. The van der Waals surface area contributed by atoms with Crippen LogP contribution in [0.2, 0.25) is 0 Å². The first-order valence-electron chi connectivity index (χ1n) is 6.68. The number of carboxylic acids is 1. The number of aliphatic carboxylic acids is 1. The Morgan fingerprint density at radius 3 is 2.60 bits per heavy atom. The maximum atomic E-state index is 12.2. The number of hydrogen-bond donors (Lipinski definition) is 2. The average Bonchev–Trinajstić information content (AvgIpc) is 2.41. The van der Waals surface area contributed by atoms with Gasteiger partial charge in [0.25, 0.3) is 0 Å². The van der Waals surface area contributed by atoms with Crippen molar-refractivity contribution < 1.29 is 19.4 Å². The number of carboxylic acid groups (broad SMARTS) is 1. The molecule has 20 heavy (non-hydrogen) atoms. The first-order chi connectivity index (χ1) is 9.48.